The molecule has 1 amide bonds. The van der Waals surface area contributed by atoms with Gasteiger partial charge in [0.1, 0.15) is 0 Å². The number of halogens is 2. The van der Waals surface area contributed by atoms with Crippen molar-refractivity contribution in [2.45, 2.75) is 45.4 Å². The zero-order chi connectivity index (χ0) is 20.7. The zero-order valence-electron chi connectivity index (χ0n) is 17.3. The van der Waals surface area contributed by atoms with E-state index in [0.717, 1.165) is 44.0 Å². The van der Waals surface area contributed by atoms with Crippen LogP contribution in [0.3, 0.4) is 0 Å². The number of rotatable bonds is 6. The van der Waals surface area contributed by atoms with Gasteiger partial charge in [0.25, 0.3) is 0 Å². The number of amides is 1. The van der Waals surface area contributed by atoms with Crippen LogP contribution in [-0.2, 0) is 10.2 Å². The van der Waals surface area contributed by atoms with Gasteiger partial charge < -0.3 is 15.5 Å². The van der Waals surface area contributed by atoms with Crippen molar-refractivity contribution in [1.82, 2.24) is 15.5 Å². The first-order valence-corrected chi connectivity index (χ1v) is 10.7. The molecule has 1 saturated heterocycles. The van der Waals surface area contributed by atoms with Crippen LogP contribution in [-0.4, -0.2) is 50.0 Å². The number of aliphatic imine (C=N–C) groups is 1. The maximum absolute atomic E-state index is 11.6. The summed E-state index contributed by atoms with van der Waals surface area (Å²) in [5, 5.41) is 7.47. The molecule has 0 spiro atoms. The fourth-order valence-corrected chi connectivity index (χ4v) is 4.54. The lowest BCUT2D eigenvalue weighted by molar-refractivity contribution is -0.121. The number of nitrogens with one attached hydrogen (secondary N) is 2. The van der Waals surface area contributed by atoms with Crippen molar-refractivity contribution in [3.8, 4) is 0 Å². The molecule has 1 aliphatic heterocycles. The summed E-state index contributed by atoms with van der Waals surface area (Å²) in [7, 11) is 1.69. The Morgan fingerprint density at radius 3 is 2.39 bits per heavy atom. The van der Waals surface area contributed by atoms with Crippen LogP contribution in [0.1, 0.15) is 45.6 Å². The number of piperidine rings is 1. The predicted molar refractivity (Wildman–Crippen MR) is 118 cm³/mol. The highest BCUT2D eigenvalue weighted by Crippen LogP contribution is 2.36. The molecule has 0 bridgehead atoms. The third-order valence-electron chi connectivity index (χ3n) is 5.27. The summed E-state index contributed by atoms with van der Waals surface area (Å²) in [5.74, 6) is 1.48. The van der Waals surface area contributed by atoms with E-state index < -0.39 is 0 Å². The molecular formula is C21H32Cl2N4O. The molecule has 156 valence electrons. The van der Waals surface area contributed by atoms with Gasteiger partial charge in [0, 0.05) is 48.6 Å². The number of likely N-dealkylation sites (tertiary alicyclic amines) is 1. The summed E-state index contributed by atoms with van der Waals surface area (Å²) in [4.78, 5) is 18.8. The number of benzene rings is 1. The number of hydrogen-bond donors (Lipinski definition) is 2. The van der Waals surface area contributed by atoms with Crippen molar-refractivity contribution in [2.75, 3.05) is 33.2 Å². The summed E-state index contributed by atoms with van der Waals surface area (Å²) >= 11 is 12.8. The van der Waals surface area contributed by atoms with Gasteiger partial charge in [-0.15, -0.1) is 0 Å². The average Bonchev–Trinajstić information content (AvgIpc) is 2.65. The second-order valence-corrected chi connectivity index (χ2v) is 8.77. The van der Waals surface area contributed by atoms with Crippen molar-refractivity contribution in [3.05, 3.63) is 33.8 Å². The van der Waals surface area contributed by atoms with Crippen LogP contribution in [0.25, 0.3) is 0 Å². The Hall–Kier alpha value is -1.46. The molecule has 2 N–H and O–H groups in total. The highest BCUT2D eigenvalue weighted by molar-refractivity contribution is 6.36. The van der Waals surface area contributed by atoms with Crippen LogP contribution in [0.2, 0.25) is 10.0 Å². The van der Waals surface area contributed by atoms with Gasteiger partial charge in [-0.25, -0.2) is 0 Å². The first-order valence-electron chi connectivity index (χ1n) is 9.96. The van der Waals surface area contributed by atoms with Gasteiger partial charge in [-0.2, -0.15) is 0 Å². The van der Waals surface area contributed by atoms with E-state index in [0.29, 0.717) is 28.9 Å². The van der Waals surface area contributed by atoms with E-state index >= 15 is 0 Å². The van der Waals surface area contributed by atoms with E-state index in [4.69, 9.17) is 28.2 Å². The van der Waals surface area contributed by atoms with E-state index in [9.17, 15) is 4.79 Å². The normalized spacial score (nSPS) is 16.2. The van der Waals surface area contributed by atoms with Crippen molar-refractivity contribution in [2.24, 2.45) is 10.9 Å². The van der Waals surface area contributed by atoms with Crippen molar-refractivity contribution in [1.29, 1.82) is 0 Å². The van der Waals surface area contributed by atoms with Crippen LogP contribution in [0, 0.1) is 5.92 Å². The Balaban J connectivity index is 2.07. The lowest BCUT2D eigenvalue weighted by Crippen LogP contribution is -2.46. The van der Waals surface area contributed by atoms with Crippen LogP contribution < -0.4 is 10.6 Å². The third-order valence-corrected chi connectivity index (χ3v) is 5.90. The van der Waals surface area contributed by atoms with E-state index in [1.165, 1.54) is 0 Å². The van der Waals surface area contributed by atoms with E-state index in [1.54, 1.807) is 7.05 Å². The molecule has 1 heterocycles. The molecule has 2 rings (SSSR count). The summed E-state index contributed by atoms with van der Waals surface area (Å²) in [5.41, 5.74) is 0.649. The SMILES string of the molecule is CCNC(=NCC(C)(C)c1c(Cl)cccc1Cl)N1CCC(CC(=O)NC)CC1. The first-order chi connectivity index (χ1) is 13.3. The topological polar surface area (TPSA) is 56.7 Å². The smallest absolute Gasteiger partial charge is 0.220 e. The number of nitrogens with zero attached hydrogens (tertiary/aromatic N) is 2. The molecule has 7 heteroatoms. The molecule has 1 aliphatic rings. The molecule has 0 aliphatic carbocycles. The fraction of sp³-hybridized carbons (Fsp3) is 0.619. The van der Waals surface area contributed by atoms with Crippen LogP contribution in [0.5, 0.6) is 0 Å². The minimum atomic E-state index is -0.284. The second kappa shape index (κ2) is 10.4. The Morgan fingerprint density at radius 2 is 1.86 bits per heavy atom. The predicted octanol–water partition coefficient (Wildman–Crippen LogP) is 4.08. The molecule has 0 atom stereocenters. The van der Waals surface area contributed by atoms with Crippen molar-refractivity contribution in [3.63, 3.8) is 0 Å². The molecule has 1 fully saturated rings. The van der Waals surface area contributed by atoms with Gasteiger partial charge in [0.2, 0.25) is 5.91 Å². The number of guanidine groups is 1. The third kappa shape index (κ3) is 6.02. The summed E-state index contributed by atoms with van der Waals surface area (Å²) in [6, 6.07) is 5.61. The zero-order valence-corrected chi connectivity index (χ0v) is 18.8. The van der Waals surface area contributed by atoms with Gasteiger partial charge in [-0.3, -0.25) is 9.79 Å². The molecule has 0 aromatic heterocycles. The quantitative estimate of drug-likeness (QED) is 0.531. The van der Waals surface area contributed by atoms with Crippen LogP contribution in [0.15, 0.2) is 23.2 Å². The van der Waals surface area contributed by atoms with E-state index in [-0.39, 0.29) is 11.3 Å². The molecule has 0 radical (unpaired) electrons. The minimum Gasteiger partial charge on any atom is -0.359 e. The lowest BCUT2D eigenvalue weighted by atomic mass is 9.84. The van der Waals surface area contributed by atoms with Gasteiger partial charge in [0.05, 0.1) is 6.54 Å². The molecule has 0 unspecified atom stereocenters. The highest BCUT2D eigenvalue weighted by atomic mass is 35.5. The maximum atomic E-state index is 11.6. The van der Waals surface area contributed by atoms with Gasteiger partial charge in [0.15, 0.2) is 5.96 Å². The largest absolute Gasteiger partial charge is 0.359 e. The van der Waals surface area contributed by atoms with Crippen molar-refractivity contribution >= 4 is 35.1 Å². The van der Waals surface area contributed by atoms with E-state index in [2.05, 4.69) is 36.3 Å². The number of hydrogen-bond acceptors (Lipinski definition) is 2. The van der Waals surface area contributed by atoms with Crippen molar-refractivity contribution < 1.29 is 4.79 Å². The number of carbonyl (C=O) groups is 1. The Kier molecular flexibility index (Phi) is 8.44. The van der Waals surface area contributed by atoms with Gasteiger partial charge >= 0.3 is 0 Å². The van der Waals surface area contributed by atoms with Crippen LogP contribution in [0.4, 0.5) is 0 Å². The van der Waals surface area contributed by atoms with Gasteiger partial charge in [-0.05, 0) is 43.4 Å². The maximum Gasteiger partial charge on any atom is 0.220 e. The molecular weight excluding hydrogens is 395 g/mol. The minimum absolute atomic E-state index is 0.123. The van der Waals surface area contributed by atoms with E-state index in [1.807, 2.05) is 18.2 Å². The Labute approximate surface area is 178 Å². The Bertz CT molecular complexity index is 677. The fourth-order valence-electron chi connectivity index (χ4n) is 3.63. The second-order valence-electron chi connectivity index (χ2n) is 7.96. The molecule has 28 heavy (non-hydrogen) atoms. The molecule has 5 nitrogen and oxygen atoms in total. The summed E-state index contributed by atoms with van der Waals surface area (Å²) in [6.07, 6.45) is 2.60. The first kappa shape index (κ1) is 22.8. The molecule has 0 saturated carbocycles. The standard InChI is InChI=1S/C21H32Cl2N4O/c1-5-25-20(27-11-9-15(10-12-27)13-18(28)24-4)26-14-21(2,3)19-16(22)7-6-8-17(19)23/h6-8,15H,5,9-14H2,1-4H3,(H,24,28)(H,25,26). The lowest BCUT2D eigenvalue weighted by Gasteiger charge is -2.35. The summed E-state index contributed by atoms with van der Waals surface area (Å²) < 4.78 is 0. The molecule has 1 aromatic carbocycles. The summed E-state index contributed by atoms with van der Waals surface area (Å²) in [6.45, 7) is 9.50. The Morgan fingerprint density at radius 1 is 1.25 bits per heavy atom. The van der Waals surface area contributed by atoms with Crippen LogP contribution >= 0.6 is 23.2 Å². The molecule has 1 aromatic rings. The highest BCUT2D eigenvalue weighted by Gasteiger charge is 2.27. The monoisotopic (exact) mass is 426 g/mol. The van der Waals surface area contributed by atoms with Gasteiger partial charge in [-0.1, -0.05) is 43.1 Å². The average molecular weight is 427 g/mol. The number of carbonyl (C=O) groups excluding carboxylic acids is 1.